The Hall–Kier alpha value is -1.83. The summed E-state index contributed by atoms with van der Waals surface area (Å²) in [7, 11) is -1.31. The highest BCUT2D eigenvalue weighted by molar-refractivity contribution is 7.91. The van der Waals surface area contributed by atoms with Crippen molar-refractivity contribution in [3.8, 4) is 0 Å². The number of rotatable bonds is 3. The average molecular weight is 301 g/mol. The molecule has 2 rings (SSSR count). The Bertz CT molecular complexity index is 645. The Morgan fingerprint density at radius 1 is 1.55 bits per heavy atom. The first-order chi connectivity index (χ1) is 9.34. The Balaban J connectivity index is 2.37. The molecule has 0 spiro atoms. The number of anilines is 1. The van der Waals surface area contributed by atoms with Crippen molar-refractivity contribution in [3.05, 3.63) is 29.6 Å². The van der Waals surface area contributed by atoms with Gasteiger partial charge < -0.3 is 15.8 Å². The molecule has 0 aliphatic carbocycles. The first-order valence-electron chi connectivity index (χ1n) is 6.05. The van der Waals surface area contributed by atoms with Crippen molar-refractivity contribution in [2.45, 2.75) is 12.5 Å². The molecule has 8 heteroatoms. The second kappa shape index (κ2) is 5.28. The van der Waals surface area contributed by atoms with Crippen molar-refractivity contribution < 1.29 is 18.0 Å². The van der Waals surface area contributed by atoms with E-state index in [1.807, 2.05) is 0 Å². The molecular weight excluding hydrogens is 285 g/mol. The maximum absolute atomic E-state index is 13.3. The van der Waals surface area contributed by atoms with Crippen LogP contribution >= 0.6 is 0 Å². The predicted molar refractivity (Wildman–Crippen MR) is 74.4 cm³/mol. The topological polar surface area (TPSA) is 96.0 Å². The summed E-state index contributed by atoms with van der Waals surface area (Å²) in [4.78, 5) is 1.73. The van der Waals surface area contributed by atoms with Crippen LogP contribution in [0.25, 0.3) is 0 Å². The van der Waals surface area contributed by atoms with Gasteiger partial charge in [0, 0.05) is 24.3 Å². The zero-order valence-corrected chi connectivity index (χ0v) is 11.8. The fourth-order valence-electron chi connectivity index (χ4n) is 2.35. The van der Waals surface area contributed by atoms with Crippen LogP contribution in [0.5, 0.6) is 0 Å². The molecule has 0 saturated carbocycles. The van der Waals surface area contributed by atoms with E-state index < -0.39 is 15.7 Å². The van der Waals surface area contributed by atoms with Gasteiger partial charge in [-0.3, -0.25) is 0 Å². The summed E-state index contributed by atoms with van der Waals surface area (Å²) in [6.45, 7) is 0. The van der Waals surface area contributed by atoms with Gasteiger partial charge in [0.05, 0.1) is 11.5 Å². The molecule has 1 atom stereocenters. The molecule has 0 bridgehead atoms. The summed E-state index contributed by atoms with van der Waals surface area (Å²) in [5.74, 6) is -0.534. The number of sulfone groups is 1. The molecule has 1 saturated heterocycles. The Morgan fingerprint density at radius 3 is 2.80 bits per heavy atom. The first-order valence-corrected chi connectivity index (χ1v) is 7.87. The molecule has 1 heterocycles. The minimum absolute atomic E-state index is 0.0521. The van der Waals surface area contributed by atoms with Gasteiger partial charge >= 0.3 is 0 Å². The standard InChI is InChI=1S/C12H16FN3O3S/c1-16(9-4-5-20(18,19)7-9)11-3-2-8(13)6-10(11)12(14)15-17/h2-3,6,9,17H,4-5,7H2,1H3,(H2,14,15). The van der Waals surface area contributed by atoms with Crippen LogP contribution in [0.3, 0.4) is 0 Å². The molecule has 110 valence electrons. The molecule has 3 N–H and O–H groups in total. The second-order valence-electron chi connectivity index (χ2n) is 4.81. The van der Waals surface area contributed by atoms with Crippen LogP contribution in [0.4, 0.5) is 10.1 Å². The smallest absolute Gasteiger partial charge is 0.172 e. The largest absolute Gasteiger partial charge is 0.409 e. The highest BCUT2D eigenvalue weighted by Crippen LogP contribution is 2.26. The van der Waals surface area contributed by atoms with Gasteiger partial charge in [-0.05, 0) is 24.6 Å². The lowest BCUT2D eigenvalue weighted by Gasteiger charge is -2.27. The molecule has 20 heavy (non-hydrogen) atoms. The van der Waals surface area contributed by atoms with Crippen LogP contribution in [-0.2, 0) is 9.84 Å². The van der Waals surface area contributed by atoms with E-state index in [9.17, 15) is 12.8 Å². The third-order valence-electron chi connectivity index (χ3n) is 3.48. The van der Waals surface area contributed by atoms with Crippen LogP contribution in [0.1, 0.15) is 12.0 Å². The molecule has 1 aromatic carbocycles. The van der Waals surface area contributed by atoms with E-state index in [1.165, 1.54) is 12.1 Å². The van der Waals surface area contributed by atoms with Crippen molar-refractivity contribution in [2.75, 3.05) is 23.5 Å². The average Bonchev–Trinajstić information content (AvgIpc) is 2.77. The van der Waals surface area contributed by atoms with Crippen molar-refractivity contribution in [3.63, 3.8) is 0 Å². The molecule has 1 aliphatic rings. The molecular formula is C12H16FN3O3S. The summed E-state index contributed by atoms with van der Waals surface area (Å²) in [6, 6.07) is 3.71. The van der Waals surface area contributed by atoms with Gasteiger partial charge in [0.15, 0.2) is 15.7 Å². The third kappa shape index (κ3) is 2.84. The summed E-state index contributed by atoms with van der Waals surface area (Å²) in [5, 5.41) is 11.6. The molecule has 0 aromatic heterocycles. The predicted octanol–water partition coefficient (Wildman–Crippen LogP) is 0.544. The minimum Gasteiger partial charge on any atom is -0.409 e. The van der Waals surface area contributed by atoms with Gasteiger partial charge in [0.25, 0.3) is 0 Å². The highest BCUT2D eigenvalue weighted by Gasteiger charge is 2.31. The summed E-state index contributed by atoms with van der Waals surface area (Å²) >= 11 is 0. The molecule has 6 nitrogen and oxygen atoms in total. The van der Waals surface area contributed by atoms with Crippen LogP contribution < -0.4 is 10.6 Å². The molecule has 0 radical (unpaired) electrons. The third-order valence-corrected chi connectivity index (χ3v) is 5.23. The van der Waals surface area contributed by atoms with Crippen LogP contribution in [0, 0.1) is 5.82 Å². The Labute approximate surface area is 116 Å². The van der Waals surface area contributed by atoms with Gasteiger partial charge in [-0.2, -0.15) is 0 Å². The van der Waals surface area contributed by atoms with E-state index in [2.05, 4.69) is 5.16 Å². The zero-order chi connectivity index (χ0) is 14.9. The Morgan fingerprint density at radius 2 is 2.25 bits per heavy atom. The monoisotopic (exact) mass is 301 g/mol. The summed E-state index contributed by atoms with van der Waals surface area (Å²) in [5.41, 5.74) is 6.31. The second-order valence-corrected chi connectivity index (χ2v) is 7.04. The lowest BCUT2D eigenvalue weighted by Crippen LogP contribution is -2.34. The van der Waals surface area contributed by atoms with Gasteiger partial charge in [-0.1, -0.05) is 5.16 Å². The van der Waals surface area contributed by atoms with Crippen molar-refractivity contribution >= 4 is 21.4 Å². The maximum Gasteiger partial charge on any atom is 0.172 e. The van der Waals surface area contributed by atoms with E-state index in [0.717, 1.165) is 6.07 Å². The number of oxime groups is 1. The van der Waals surface area contributed by atoms with Gasteiger partial charge in [0.1, 0.15) is 5.82 Å². The van der Waals surface area contributed by atoms with Crippen molar-refractivity contribution in [1.29, 1.82) is 0 Å². The van der Waals surface area contributed by atoms with Crippen molar-refractivity contribution in [1.82, 2.24) is 0 Å². The van der Waals surface area contributed by atoms with Crippen LogP contribution in [0.15, 0.2) is 23.4 Å². The molecule has 0 amide bonds. The summed E-state index contributed by atoms with van der Waals surface area (Å²) < 4.78 is 36.4. The number of nitrogens with two attached hydrogens (primary N) is 1. The fourth-order valence-corrected chi connectivity index (χ4v) is 4.13. The van der Waals surface area contributed by atoms with Gasteiger partial charge in [-0.15, -0.1) is 0 Å². The number of hydrogen-bond acceptors (Lipinski definition) is 5. The molecule has 1 aromatic rings. The highest BCUT2D eigenvalue weighted by atomic mass is 32.2. The number of nitrogens with zero attached hydrogens (tertiary/aromatic N) is 2. The van der Waals surface area contributed by atoms with E-state index in [-0.39, 0.29) is 28.9 Å². The van der Waals surface area contributed by atoms with E-state index >= 15 is 0 Å². The number of benzene rings is 1. The fraction of sp³-hybridized carbons (Fsp3) is 0.417. The van der Waals surface area contributed by atoms with Gasteiger partial charge in [0.2, 0.25) is 0 Å². The SMILES string of the molecule is CN(c1ccc(F)cc1C(N)=NO)C1CCS(=O)(=O)C1. The van der Waals surface area contributed by atoms with Crippen molar-refractivity contribution in [2.24, 2.45) is 10.9 Å². The molecule has 1 aliphatic heterocycles. The minimum atomic E-state index is -3.02. The Kier molecular flexibility index (Phi) is 3.85. The van der Waals surface area contributed by atoms with Crippen LogP contribution in [-0.4, -0.2) is 44.1 Å². The zero-order valence-electron chi connectivity index (χ0n) is 11.0. The lowest BCUT2D eigenvalue weighted by atomic mass is 10.1. The first kappa shape index (κ1) is 14.6. The van der Waals surface area contributed by atoms with E-state index in [0.29, 0.717) is 12.1 Å². The quantitative estimate of drug-likeness (QED) is 0.368. The lowest BCUT2D eigenvalue weighted by molar-refractivity contribution is 0.318. The summed E-state index contributed by atoms with van der Waals surface area (Å²) in [6.07, 6.45) is 0.506. The maximum atomic E-state index is 13.3. The molecule has 1 fully saturated rings. The van der Waals surface area contributed by atoms with Gasteiger partial charge in [-0.25, -0.2) is 12.8 Å². The van der Waals surface area contributed by atoms with E-state index in [1.54, 1.807) is 11.9 Å². The molecule has 1 unspecified atom stereocenters. The van der Waals surface area contributed by atoms with E-state index in [4.69, 9.17) is 10.9 Å². The normalized spacial score (nSPS) is 21.9. The number of amidine groups is 1. The number of hydrogen-bond donors (Lipinski definition) is 2. The number of halogens is 1. The van der Waals surface area contributed by atoms with Crippen LogP contribution in [0.2, 0.25) is 0 Å².